The molecule has 2 rings (SSSR count). The molecule has 0 bridgehead atoms. The van der Waals surface area contributed by atoms with Crippen LogP contribution in [0.25, 0.3) is 0 Å². The van der Waals surface area contributed by atoms with Gasteiger partial charge in [-0.1, -0.05) is 24.3 Å². The number of benzene rings is 2. The van der Waals surface area contributed by atoms with Gasteiger partial charge < -0.3 is 20.5 Å². The van der Waals surface area contributed by atoms with Gasteiger partial charge >= 0.3 is 0 Å². The zero-order chi connectivity index (χ0) is 16.7. The van der Waals surface area contributed by atoms with Crippen molar-refractivity contribution in [1.29, 1.82) is 0 Å². The van der Waals surface area contributed by atoms with Crippen LogP contribution in [0.15, 0.2) is 53.5 Å². The summed E-state index contributed by atoms with van der Waals surface area (Å²) in [6.45, 7) is 4.50. The Balaban J connectivity index is 1.96. The van der Waals surface area contributed by atoms with E-state index in [9.17, 15) is 0 Å². The lowest BCUT2D eigenvalue weighted by atomic mass is 10.2. The maximum absolute atomic E-state index is 5.93. The van der Waals surface area contributed by atoms with E-state index in [0.717, 1.165) is 22.7 Å². The second kappa shape index (κ2) is 8.08. The summed E-state index contributed by atoms with van der Waals surface area (Å²) in [5, 5.41) is 3.05. The zero-order valence-electron chi connectivity index (χ0n) is 13.7. The minimum absolute atomic E-state index is 0.166. The first-order valence-corrected chi connectivity index (χ1v) is 7.54. The molecule has 0 atom stereocenters. The van der Waals surface area contributed by atoms with E-state index in [1.54, 1.807) is 7.11 Å². The van der Waals surface area contributed by atoms with E-state index in [-0.39, 0.29) is 6.10 Å². The average molecular weight is 313 g/mol. The smallest absolute Gasteiger partial charge is 0.193 e. The first-order chi connectivity index (χ1) is 11.1. The molecular weight excluding hydrogens is 290 g/mol. The van der Waals surface area contributed by atoms with Crippen molar-refractivity contribution in [2.75, 3.05) is 12.4 Å². The Morgan fingerprint density at radius 2 is 1.83 bits per heavy atom. The Kier molecular flexibility index (Phi) is 5.86. The molecule has 0 heterocycles. The Morgan fingerprint density at radius 1 is 1.13 bits per heavy atom. The van der Waals surface area contributed by atoms with Crippen LogP contribution in [0, 0.1) is 0 Å². The molecule has 0 aliphatic rings. The van der Waals surface area contributed by atoms with Crippen LogP contribution in [0.5, 0.6) is 11.5 Å². The van der Waals surface area contributed by atoms with Crippen molar-refractivity contribution in [2.45, 2.75) is 26.5 Å². The number of nitrogens with two attached hydrogens (primary N) is 1. The number of hydrogen-bond acceptors (Lipinski definition) is 3. The molecule has 3 N–H and O–H groups in total. The van der Waals surface area contributed by atoms with Crippen LogP contribution >= 0.6 is 0 Å². The second-order valence-corrected chi connectivity index (χ2v) is 5.34. The molecule has 5 nitrogen and oxygen atoms in total. The van der Waals surface area contributed by atoms with Crippen LogP contribution in [-0.2, 0) is 6.54 Å². The van der Waals surface area contributed by atoms with Crippen molar-refractivity contribution in [1.82, 2.24) is 0 Å². The standard InChI is InChI=1S/C18H23N3O2/c1-13(2)23-15-10-8-14(9-11-15)12-20-18(19)21-16-6-4-5-7-17(16)22-3/h4-11,13H,12H2,1-3H3,(H3,19,20,21). The molecule has 0 fully saturated rings. The average Bonchev–Trinajstić information content (AvgIpc) is 2.54. The predicted molar refractivity (Wildman–Crippen MR) is 94.1 cm³/mol. The third-order valence-corrected chi connectivity index (χ3v) is 3.10. The van der Waals surface area contributed by atoms with E-state index in [0.29, 0.717) is 12.5 Å². The van der Waals surface area contributed by atoms with Gasteiger partial charge in [0.25, 0.3) is 0 Å². The van der Waals surface area contributed by atoms with Crippen molar-refractivity contribution in [3.8, 4) is 11.5 Å². The molecule has 0 unspecified atom stereocenters. The maximum atomic E-state index is 5.93. The number of ether oxygens (including phenoxy) is 2. The SMILES string of the molecule is COc1ccccc1NC(N)=NCc1ccc(OC(C)C)cc1. The molecule has 122 valence electrons. The molecule has 5 heteroatoms. The summed E-state index contributed by atoms with van der Waals surface area (Å²) in [7, 11) is 1.62. The van der Waals surface area contributed by atoms with Gasteiger partial charge in [0.05, 0.1) is 25.4 Å². The summed E-state index contributed by atoms with van der Waals surface area (Å²) >= 11 is 0. The fourth-order valence-electron chi connectivity index (χ4n) is 2.05. The molecule has 2 aromatic carbocycles. The minimum Gasteiger partial charge on any atom is -0.495 e. The van der Waals surface area contributed by atoms with Crippen molar-refractivity contribution in [3.63, 3.8) is 0 Å². The molecule has 0 aliphatic carbocycles. The lowest BCUT2D eigenvalue weighted by Gasteiger charge is -2.11. The second-order valence-electron chi connectivity index (χ2n) is 5.34. The molecule has 2 aromatic rings. The third kappa shape index (κ3) is 5.21. The molecular formula is C18H23N3O2. The summed E-state index contributed by atoms with van der Waals surface area (Å²) < 4.78 is 10.9. The highest BCUT2D eigenvalue weighted by Gasteiger charge is 2.02. The van der Waals surface area contributed by atoms with Crippen LogP contribution in [0.1, 0.15) is 19.4 Å². The highest BCUT2D eigenvalue weighted by molar-refractivity contribution is 5.93. The third-order valence-electron chi connectivity index (χ3n) is 3.10. The van der Waals surface area contributed by atoms with Crippen molar-refractivity contribution < 1.29 is 9.47 Å². The number of methoxy groups -OCH3 is 1. The van der Waals surface area contributed by atoms with E-state index in [4.69, 9.17) is 15.2 Å². The minimum atomic E-state index is 0.166. The van der Waals surface area contributed by atoms with E-state index >= 15 is 0 Å². The first-order valence-electron chi connectivity index (χ1n) is 7.54. The van der Waals surface area contributed by atoms with Gasteiger partial charge in [0.15, 0.2) is 5.96 Å². The summed E-state index contributed by atoms with van der Waals surface area (Å²) in [6.07, 6.45) is 0.166. The van der Waals surface area contributed by atoms with Crippen molar-refractivity contribution in [3.05, 3.63) is 54.1 Å². The van der Waals surface area contributed by atoms with E-state index in [1.165, 1.54) is 0 Å². The molecule has 0 aromatic heterocycles. The fourth-order valence-corrected chi connectivity index (χ4v) is 2.05. The Labute approximate surface area is 137 Å². The molecule has 0 aliphatic heterocycles. The van der Waals surface area contributed by atoms with Crippen molar-refractivity contribution >= 4 is 11.6 Å². The number of hydrogen-bond donors (Lipinski definition) is 2. The van der Waals surface area contributed by atoms with E-state index in [2.05, 4.69) is 10.3 Å². The number of guanidine groups is 1. The molecule has 0 saturated heterocycles. The lowest BCUT2D eigenvalue weighted by Crippen LogP contribution is -2.22. The Bertz CT molecular complexity index is 652. The summed E-state index contributed by atoms with van der Waals surface area (Å²) in [5.74, 6) is 1.92. The van der Waals surface area contributed by atoms with E-state index in [1.807, 2.05) is 62.4 Å². The summed E-state index contributed by atoms with van der Waals surface area (Å²) in [4.78, 5) is 4.34. The van der Waals surface area contributed by atoms with Gasteiger partial charge in [-0.25, -0.2) is 4.99 Å². The number of aliphatic imine (C=N–C) groups is 1. The van der Waals surface area contributed by atoms with E-state index < -0.39 is 0 Å². The van der Waals surface area contributed by atoms with Gasteiger partial charge in [0.1, 0.15) is 11.5 Å². The van der Waals surface area contributed by atoms with Gasteiger partial charge in [0, 0.05) is 0 Å². The van der Waals surface area contributed by atoms with Crippen LogP contribution in [0.2, 0.25) is 0 Å². The van der Waals surface area contributed by atoms with Crippen LogP contribution < -0.4 is 20.5 Å². The summed E-state index contributed by atoms with van der Waals surface area (Å²) in [5.41, 5.74) is 7.78. The maximum Gasteiger partial charge on any atom is 0.193 e. The Hall–Kier alpha value is -2.69. The van der Waals surface area contributed by atoms with Crippen molar-refractivity contribution in [2.24, 2.45) is 10.7 Å². The van der Waals surface area contributed by atoms with Gasteiger partial charge in [0.2, 0.25) is 0 Å². The normalized spacial score (nSPS) is 11.4. The lowest BCUT2D eigenvalue weighted by molar-refractivity contribution is 0.242. The highest BCUT2D eigenvalue weighted by atomic mass is 16.5. The Morgan fingerprint density at radius 3 is 2.48 bits per heavy atom. The topological polar surface area (TPSA) is 68.9 Å². The number of rotatable bonds is 6. The monoisotopic (exact) mass is 313 g/mol. The molecule has 0 saturated carbocycles. The number of anilines is 1. The molecule has 0 radical (unpaired) electrons. The zero-order valence-corrected chi connectivity index (χ0v) is 13.7. The largest absolute Gasteiger partial charge is 0.495 e. The van der Waals surface area contributed by atoms with Crippen LogP contribution in [0.3, 0.4) is 0 Å². The van der Waals surface area contributed by atoms with Crippen LogP contribution in [0.4, 0.5) is 5.69 Å². The molecule has 0 amide bonds. The molecule has 0 spiro atoms. The highest BCUT2D eigenvalue weighted by Crippen LogP contribution is 2.22. The quantitative estimate of drug-likeness (QED) is 0.633. The number of nitrogens with zero attached hydrogens (tertiary/aromatic N) is 1. The number of nitrogens with one attached hydrogen (secondary N) is 1. The first kappa shape index (κ1) is 16.7. The van der Waals surface area contributed by atoms with Gasteiger partial charge in [-0.15, -0.1) is 0 Å². The van der Waals surface area contributed by atoms with Gasteiger partial charge in [-0.2, -0.15) is 0 Å². The van der Waals surface area contributed by atoms with Crippen LogP contribution in [-0.4, -0.2) is 19.2 Å². The molecule has 23 heavy (non-hydrogen) atoms. The fraction of sp³-hybridized carbons (Fsp3) is 0.278. The van der Waals surface area contributed by atoms with Gasteiger partial charge in [-0.05, 0) is 43.7 Å². The number of para-hydroxylation sites is 2. The summed E-state index contributed by atoms with van der Waals surface area (Å²) in [6, 6.07) is 15.4. The van der Waals surface area contributed by atoms with Gasteiger partial charge in [-0.3, -0.25) is 0 Å². The predicted octanol–water partition coefficient (Wildman–Crippen LogP) is 3.41.